The van der Waals surface area contributed by atoms with Gasteiger partial charge in [0.2, 0.25) is 15.0 Å². The zero-order valence-corrected chi connectivity index (χ0v) is 7.32. The summed E-state index contributed by atoms with van der Waals surface area (Å²) in [5.74, 6) is -0.320. The van der Waals surface area contributed by atoms with Crippen LogP contribution in [-0.2, 0) is 16.9 Å². The fraction of sp³-hybridized carbons (Fsp3) is 0.600. The van der Waals surface area contributed by atoms with Gasteiger partial charge in [-0.15, -0.1) is 0 Å². The molecule has 6 nitrogen and oxygen atoms in total. The highest BCUT2D eigenvalue weighted by molar-refractivity contribution is 7.91. The Balaban J connectivity index is 3.06. The Morgan fingerprint density at radius 2 is 2.33 bits per heavy atom. The number of hydrogen-bond donors (Lipinski definition) is 1. The van der Waals surface area contributed by atoms with Crippen molar-refractivity contribution in [3.05, 3.63) is 6.33 Å². The van der Waals surface area contributed by atoms with E-state index >= 15 is 0 Å². The lowest BCUT2D eigenvalue weighted by Crippen LogP contribution is -2.15. The third-order valence-electron chi connectivity index (χ3n) is 1.31. The molecule has 0 radical (unpaired) electrons. The summed E-state index contributed by atoms with van der Waals surface area (Å²) in [6.07, 6.45) is 1.16. The van der Waals surface area contributed by atoms with E-state index in [0.717, 1.165) is 11.0 Å². The van der Waals surface area contributed by atoms with Gasteiger partial charge in [-0.3, -0.25) is 0 Å². The smallest absolute Gasteiger partial charge is 0.245 e. The molecule has 0 spiro atoms. The fourth-order valence-corrected chi connectivity index (χ4v) is 1.86. The summed E-state index contributed by atoms with van der Waals surface area (Å²) in [6.45, 7) is -0.408. The molecule has 1 aromatic rings. The van der Waals surface area contributed by atoms with Gasteiger partial charge in [-0.2, -0.15) is 5.10 Å². The van der Waals surface area contributed by atoms with Crippen LogP contribution in [0.5, 0.6) is 0 Å². The summed E-state index contributed by atoms with van der Waals surface area (Å²) < 4.78 is 23.6. The van der Waals surface area contributed by atoms with Gasteiger partial charge in [0.05, 0.1) is 12.4 Å². The van der Waals surface area contributed by atoms with Crippen LogP contribution in [0.1, 0.15) is 0 Å². The van der Waals surface area contributed by atoms with Gasteiger partial charge in [0.15, 0.2) is 0 Å². The lowest BCUT2D eigenvalue weighted by atomic mass is 10.9. The van der Waals surface area contributed by atoms with Crippen molar-refractivity contribution in [1.82, 2.24) is 14.8 Å². The quantitative estimate of drug-likeness (QED) is 0.634. The molecule has 0 fully saturated rings. The highest BCUT2D eigenvalue weighted by Gasteiger charge is 2.18. The third-order valence-corrected chi connectivity index (χ3v) is 2.95. The van der Waals surface area contributed by atoms with Crippen LogP contribution in [0.15, 0.2) is 11.5 Å². The van der Waals surface area contributed by atoms with Gasteiger partial charge >= 0.3 is 0 Å². The number of rotatable bonds is 3. The molecule has 1 rings (SSSR count). The molecule has 0 aromatic carbocycles. The molecule has 1 N–H and O–H groups in total. The van der Waals surface area contributed by atoms with Crippen LogP contribution in [0.4, 0.5) is 0 Å². The average molecular weight is 191 g/mol. The van der Waals surface area contributed by atoms with E-state index in [-0.39, 0.29) is 10.9 Å². The van der Waals surface area contributed by atoms with Crippen LogP contribution in [0, 0.1) is 0 Å². The summed E-state index contributed by atoms with van der Waals surface area (Å²) in [4.78, 5) is 3.56. The van der Waals surface area contributed by atoms with Gasteiger partial charge in [0.25, 0.3) is 0 Å². The first-order valence-electron chi connectivity index (χ1n) is 3.25. The van der Waals surface area contributed by atoms with Gasteiger partial charge in [0, 0.05) is 7.05 Å². The van der Waals surface area contributed by atoms with Gasteiger partial charge in [0.1, 0.15) is 6.33 Å². The van der Waals surface area contributed by atoms with Gasteiger partial charge in [-0.05, 0) is 0 Å². The molecule has 0 saturated heterocycles. The molecule has 0 bridgehead atoms. The molecular weight excluding hydrogens is 182 g/mol. The predicted molar refractivity (Wildman–Crippen MR) is 40.1 cm³/mol. The van der Waals surface area contributed by atoms with E-state index < -0.39 is 16.4 Å². The SMILES string of the molecule is Cn1ncnc1S(=O)(=O)CCO. The number of aryl methyl sites for hydroxylation is 1. The number of hydrogen-bond acceptors (Lipinski definition) is 5. The Kier molecular flexibility index (Phi) is 2.43. The van der Waals surface area contributed by atoms with E-state index in [2.05, 4.69) is 10.1 Å². The van der Waals surface area contributed by atoms with Crippen molar-refractivity contribution in [2.24, 2.45) is 7.05 Å². The van der Waals surface area contributed by atoms with Crippen LogP contribution >= 0.6 is 0 Å². The van der Waals surface area contributed by atoms with Gasteiger partial charge in [-0.1, -0.05) is 0 Å². The Morgan fingerprint density at radius 1 is 1.67 bits per heavy atom. The van der Waals surface area contributed by atoms with Crippen molar-refractivity contribution in [3.63, 3.8) is 0 Å². The molecule has 1 heterocycles. The first-order valence-corrected chi connectivity index (χ1v) is 4.91. The van der Waals surface area contributed by atoms with Crippen molar-refractivity contribution in [3.8, 4) is 0 Å². The van der Waals surface area contributed by atoms with Gasteiger partial charge in [-0.25, -0.2) is 18.1 Å². The summed E-state index contributed by atoms with van der Waals surface area (Å²) >= 11 is 0. The first-order chi connectivity index (χ1) is 5.58. The molecule has 0 saturated carbocycles. The second-order valence-electron chi connectivity index (χ2n) is 2.21. The molecule has 0 aliphatic heterocycles. The van der Waals surface area contributed by atoms with Crippen LogP contribution < -0.4 is 0 Å². The maximum atomic E-state index is 11.2. The van der Waals surface area contributed by atoms with E-state index in [1.165, 1.54) is 7.05 Å². The molecule has 0 unspecified atom stereocenters. The van der Waals surface area contributed by atoms with Crippen LogP contribution in [0.3, 0.4) is 0 Å². The second-order valence-corrected chi connectivity index (χ2v) is 4.21. The Hall–Kier alpha value is -0.950. The summed E-state index contributed by atoms with van der Waals surface area (Å²) in [7, 11) is -1.97. The van der Waals surface area contributed by atoms with E-state index in [9.17, 15) is 8.42 Å². The topological polar surface area (TPSA) is 85.1 Å². The first kappa shape index (κ1) is 9.14. The van der Waals surface area contributed by atoms with Crippen LogP contribution in [-0.4, -0.2) is 40.6 Å². The number of aliphatic hydroxyl groups is 1. The second kappa shape index (κ2) is 3.20. The maximum absolute atomic E-state index is 11.2. The zero-order valence-electron chi connectivity index (χ0n) is 6.51. The normalized spacial score (nSPS) is 11.8. The van der Waals surface area contributed by atoms with Crippen molar-refractivity contribution >= 4 is 9.84 Å². The Labute approximate surface area is 69.8 Å². The minimum absolute atomic E-state index is 0.114. The van der Waals surface area contributed by atoms with Crippen molar-refractivity contribution in [2.75, 3.05) is 12.4 Å². The number of aromatic nitrogens is 3. The minimum Gasteiger partial charge on any atom is -0.395 e. The molecule has 7 heteroatoms. The van der Waals surface area contributed by atoms with E-state index in [4.69, 9.17) is 5.11 Å². The van der Waals surface area contributed by atoms with Crippen LogP contribution in [0.2, 0.25) is 0 Å². The molecule has 0 atom stereocenters. The Morgan fingerprint density at radius 3 is 2.75 bits per heavy atom. The molecule has 68 valence electrons. The summed E-state index contributed by atoms with van der Waals surface area (Å²) in [5.41, 5.74) is 0. The summed E-state index contributed by atoms with van der Waals surface area (Å²) in [5, 5.41) is 12.0. The molecule has 0 amide bonds. The number of aliphatic hydroxyl groups excluding tert-OH is 1. The van der Waals surface area contributed by atoms with Gasteiger partial charge < -0.3 is 5.11 Å². The predicted octanol–water partition coefficient (Wildman–Crippen LogP) is -1.42. The Bertz CT molecular complexity index is 356. The monoisotopic (exact) mass is 191 g/mol. The highest BCUT2D eigenvalue weighted by Crippen LogP contribution is 2.03. The fourth-order valence-electron chi connectivity index (χ4n) is 0.779. The lowest BCUT2D eigenvalue weighted by molar-refractivity contribution is 0.319. The van der Waals surface area contributed by atoms with Crippen molar-refractivity contribution in [2.45, 2.75) is 5.16 Å². The molecule has 1 aromatic heterocycles. The van der Waals surface area contributed by atoms with Crippen molar-refractivity contribution in [1.29, 1.82) is 0 Å². The number of sulfone groups is 1. The van der Waals surface area contributed by atoms with Crippen LogP contribution in [0.25, 0.3) is 0 Å². The molecule has 0 aliphatic rings. The zero-order chi connectivity index (χ0) is 9.19. The maximum Gasteiger partial charge on any atom is 0.245 e. The van der Waals surface area contributed by atoms with E-state index in [1.807, 2.05) is 0 Å². The average Bonchev–Trinajstić information content (AvgIpc) is 2.35. The molecule has 0 aliphatic carbocycles. The van der Waals surface area contributed by atoms with E-state index in [0.29, 0.717) is 0 Å². The van der Waals surface area contributed by atoms with Crippen molar-refractivity contribution < 1.29 is 13.5 Å². The summed E-state index contributed by atoms with van der Waals surface area (Å²) in [6, 6.07) is 0. The lowest BCUT2D eigenvalue weighted by Gasteiger charge is -1.99. The largest absolute Gasteiger partial charge is 0.395 e. The number of nitrogens with zero attached hydrogens (tertiary/aromatic N) is 3. The third kappa shape index (κ3) is 1.62. The minimum atomic E-state index is -3.46. The highest BCUT2D eigenvalue weighted by atomic mass is 32.2. The van der Waals surface area contributed by atoms with E-state index in [1.54, 1.807) is 0 Å². The molecule has 12 heavy (non-hydrogen) atoms. The molecular formula is C5H9N3O3S. The standard InChI is InChI=1S/C5H9N3O3S/c1-8-5(6-4-7-8)12(10,11)3-2-9/h4,9H,2-3H2,1H3.